The number of carbonyl (C=O) groups excluding carboxylic acids is 1. The predicted octanol–water partition coefficient (Wildman–Crippen LogP) is 3.59. The minimum atomic E-state index is -0.439. The van der Waals surface area contributed by atoms with Crippen LogP contribution in [0.3, 0.4) is 0 Å². The number of para-hydroxylation sites is 1. The number of benzene rings is 2. The zero-order chi connectivity index (χ0) is 16.9. The molecule has 2 aromatic carbocycles. The topological polar surface area (TPSA) is 32.3 Å². The number of hydrogen-bond acceptors (Lipinski definition) is 2. The van der Waals surface area contributed by atoms with Crippen LogP contribution in [-0.4, -0.2) is 25.5 Å². The van der Waals surface area contributed by atoms with E-state index in [1.165, 1.54) is 17.3 Å². The first kappa shape index (κ1) is 16.8. The Morgan fingerprint density at radius 2 is 2.08 bits per heavy atom. The van der Waals surface area contributed by atoms with E-state index in [1.54, 1.807) is 12.1 Å². The normalized spacial score (nSPS) is 13.0. The fourth-order valence-electron chi connectivity index (χ4n) is 3.04. The number of carbonyl (C=O) groups is 1. The summed E-state index contributed by atoms with van der Waals surface area (Å²) in [4.78, 5) is 14.3. The quantitative estimate of drug-likeness (QED) is 0.811. The third kappa shape index (κ3) is 4.06. The summed E-state index contributed by atoms with van der Waals surface area (Å²) in [6.45, 7) is 2.53. The lowest BCUT2D eigenvalue weighted by atomic mass is 10.1. The average Bonchev–Trinajstić information content (AvgIpc) is 2.98. The van der Waals surface area contributed by atoms with Gasteiger partial charge in [-0.15, -0.1) is 0 Å². The summed E-state index contributed by atoms with van der Waals surface area (Å²) in [6.07, 6.45) is 1.98. The third-order valence-corrected chi connectivity index (χ3v) is 4.51. The van der Waals surface area contributed by atoms with E-state index in [4.69, 9.17) is 11.6 Å². The van der Waals surface area contributed by atoms with Crippen molar-refractivity contribution < 1.29 is 9.18 Å². The molecule has 1 N–H and O–H groups in total. The molecule has 0 spiro atoms. The van der Waals surface area contributed by atoms with Crippen LogP contribution >= 0.6 is 11.6 Å². The number of nitrogens with zero attached hydrogens (tertiary/aromatic N) is 1. The van der Waals surface area contributed by atoms with Crippen LogP contribution in [0.15, 0.2) is 42.5 Å². The fourth-order valence-corrected chi connectivity index (χ4v) is 3.20. The summed E-state index contributed by atoms with van der Waals surface area (Å²) in [5.41, 5.74) is 3.05. The second-order valence-electron chi connectivity index (χ2n) is 5.98. The second kappa shape index (κ2) is 7.67. The Morgan fingerprint density at radius 3 is 2.92 bits per heavy atom. The summed E-state index contributed by atoms with van der Waals surface area (Å²) in [5, 5.41) is 3.19. The highest BCUT2D eigenvalue weighted by Gasteiger charge is 2.17. The highest BCUT2D eigenvalue weighted by Crippen LogP contribution is 2.27. The smallest absolute Gasteiger partial charge is 0.224 e. The standard InChI is InChI=1S/C19H20ClFN2O/c20-16-7-6-15(17(21)13-16)12-19(24)22-9-3-10-23-11-8-14-4-1-2-5-18(14)23/h1-2,4-7,13H,3,8-12H2,(H,22,24). The Labute approximate surface area is 146 Å². The molecule has 3 rings (SSSR count). The molecule has 2 aromatic rings. The first-order valence-electron chi connectivity index (χ1n) is 8.17. The number of anilines is 1. The lowest BCUT2D eigenvalue weighted by Crippen LogP contribution is -2.30. The van der Waals surface area contributed by atoms with E-state index in [0.29, 0.717) is 17.1 Å². The zero-order valence-electron chi connectivity index (χ0n) is 13.4. The number of hydrogen-bond donors (Lipinski definition) is 1. The van der Waals surface area contributed by atoms with E-state index in [1.807, 2.05) is 0 Å². The highest BCUT2D eigenvalue weighted by molar-refractivity contribution is 6.30. The first-order valence-corrected chi connectivity index (χ1v) is 8.55. The van der Waals surface area contributed by atoms with E-state index in [9.17, 15) is 9.18 Å². The van der Waals surface area contributed by atoms with Crippen LogP contribution in [0.4, 0.5) is 10.1 Å². The second-order valence-corrected chi connectivity index (χ2v) is 6.42. The molecule has 1 amide bonds. The van der Waals surface area contributed by atoms with E-state index < -0.39 is 5.82 Å². The molecule has 0 fully saturated rings. The number of amides is 1. The van der Waals surface area contributed by atoms with Crippen molar-refractivity contribution in [2.45, 2.75) is 19.3 Å². The molecule has 0 aliphatic carbocycles. The number of fused-ring (bicyclic) bond motifs is 1. The van der Waals surface area contributed by atoms with Crippen LogP contribution in [0.25, 0.3) is 0 Å². The molecule has 24 heavy (non-hydrogen) atoms. The predicted molar refractivity (Wildman–Crippen MR) is 95.1 cm³/mol. The molecule has 0 saturated heterocycles. The molecule has 1 heterocycles. The van der Waals surface area contributed by atoms with Gasteiger partial charge in [-0.2, -0.15) is 0 Å². The Kier molecular flexibility index (Phi) is 5.36. The van der Waals surface area contributed by atoms with Gasteiger partial charge in [-0.25, -0.2) is 4.39 Å². The van der Waals surface area contributed by atoms with Crippen LogP contribution in [0.5, 0.6) is 0 Å². The van der Waals surface area contributed by atoms with E-state index in [0.717, 1.165) is 25.9 Å². The number of nitrogens with one attached hydrogen (secondary N) is 1. The molecule has 5 heteroatoms. The Bertz CT molecular complexity index is 735. The van der Waals surface area contributed by atoms with Crippen molar-refractivity contribution in [3.63, 3.8) is 0 Å². The molecule has 0 bridgehead atoms. The molecule has 126 valence electrons. The van der Waals surface area contributed by atoms with Gasteiger partial charge in [-0.05, 0) is 42.2 Å². The van der Waals surface area contributed by atoms with Crippen molar-refractivity contribution >= 4 is 23.2 Å². The number of halogens is 2. The van der Waals surface area contributed by atoms with Crippen molar-refractivity contribution in [1.82, 2.24) is 5.32 Å². The SMILES string of the molecule is O=C(Cc1ccc(Cl)cc1F)NCCCN1CCc2ccccc21. The van der Waals surface area contributed by atoms with Gasteiger partial charge in [-0.1, -0.05) is 35.9 Å². The summed E-state index contributed by atoms with van der Waals surface area (Å²) < 4.78 is 13.7. The van der Waals surface area contributed by atoms with Gasteiger partial charge in [0.1, 0.15) is 5.82 Å². The maximum absolute atomic E-state index is 13.7. The van der Waals surface area contributed by atoms with Crippen LogP contribution in [0, 0.1) is 5.82 Å². The molecule has 0 saturated carbocycles. The van der Waals surface area contributed by atoms with Gasteiger partial charge in [-0.3, -0.25) is 4.79 Å². The molecule has 1 aliphatic heterocycles. The Balaban J connectivity index is 1.41. The minimum Gasteiger partial charge on any atom is -0.371 e. The Hall–Kier alpha value is -2.07. The van der Waals surface area contributed by atoms with Crippen LogP contribution in [0.2, 0.25) is 5.02 Å². The third-order valence-electron chi connectivity index (χ3n) is 4.28. The van der Waals surface area contributed by atoms with Crippen molar-refractivity contribution in [3.8, 4) is 0 Å². The molecule has 0 radical (unpaired) electrons. The summed E-state index contributed by atoms with van der Waals surface area (Å²) >= 11 is 5.71. The lowest BCUT2D eigenvalue weighted by molar-refractivity contribution is -0.120. The summed E-state index contributed by atoms with van der Waals surface area (Å²) in [6, 6.07) is 12.8. The largest absolute Gasteiger partial charge is 0.371 e. The van der Waals surface area contributed by atoms with Crippen LogP contribution in [0.1, 0.15) is 17.5 Å². The minimum absolute atomic E-state index is 0.0373. The number of rotatable bonds is 6. The first-order chi connectivity index (χ1) is 11.6. The van der Waals surface area contributed by atoms with Crippen molar-refractivity contribution in [1.29, 1.82) is 0 Å². The van der Waals surface area contributed by atoms with Crippen LogP contribution in [-0.2, 0) is 17.6 Å². The van der Waals surface area contributed by atoms with Gasteiger partial charge in [0.2, 0.25) is 5.91 Å². The van der Waals surface area contributed by atoms with Gasteiger partial charge < -0.3 is 10.2 Å². The molecule has 3 nitrogen and oxygen atoms in total. The zero-order valence-corrected chi connectivity index (χ0v) is 14.2. The van der Waals surface area contributed by atoms with E-state index >= 15 is 0 Å². The van der Waals surface area contributed by atoms with E-state index in [-0.39, 0.29) is 12.3 Å². The monoisotopic (exact) mass is 346 g/mol. The summed E-state index contributed by atoms with van der Waals surface area (Å²) in [5.74, 6) is -0.607. The van der Waals surface area contributed by atoms with Crippen LogP contribution < -0.4 is 10.2 Å². The summed E-state index contributed by atoms with van der Waals surface area (Å²) in [7, 11) is 0. The molecule has 0 unspecified atom stereocenters. The van der Waals surface area contributed by atoms with Crippen molar-refractivity contribution in [2.75, 3.05) is 24.5 Å². The van der Waals surface area contributed by atoms with E-state index in [2.05, 4.69) is 34.5 Å². The lowest BCUT2D eigenvalue weighted by Gasteiger charge is -2.19. The fraction of sp³-hybridized carbons (Fsp3) is 0.316. The molecular weight excluding hydrogens is 327 g/mol. The maximum Gasteiger partial charge on any atom is 0.224 e. The molecular formula is C19H20ClFN2O. The molecule has 1 aliphatic rings. The van der Waals surface area contributed by atoms with Gasteiger partial charge in [0.05, 0.1) is 6.42 Å². The van der Waals surface area contributed by atoms with Gasteiger partial charge in [0, 0.05) is 30.3 Å². The molecule has 0 atom stereocenters. The highest BCUT2D eigenvalue weighted by atomic mass is 35.5. The van der Waals surface area contributed by atoms with Crippen molar-refractivity contribution in [3.05, 3.63) is 64.4 Å². The van der Waals surface area contributed by atoms with Gasteiger partial charge >= 0.3 is 0 Å². The van der Waals surface area contributed by atoms with Crippen molar-refractivity contribution in [2.24, 2.45) is 0 Å². The van der Waals surface area contributed by atoms with Gasteiger partial charge in [0.15, 0.2) is 0 Å². The molecule has 0 aromatic heterocycles. The maximum atomic E-state index is 13.7. The Morgan fingerprint density at radius 1 is 1.25 bits per heavy atom. The van der Waals surface area contributed by atoms with Gasteiger partial charge in [0.25, 0.3) is 0 Å². The average molecular weight is 347 g/mol.